The van der Waals surface area contributed by atoms with E-state index in [1.54, 1.807) is 0 Å². The lowest BCUT2D eigenvalue weighted by Gasteiger charge is -2.34. The van der Waals surface area contributed by atoms with Crippen molar-refractivity contribution in [3.8, 4) is 0 Å². The van der Waals surface area contributed by atoms with Crippen molar-refractivity contribution in [3.63, 3.8) is 0 Å². The molecule has 2 aliphatic rings. The molecule has 0 radical (unpaired) electrons. The monoisotopic (exact) mass is 445 g/mol. The molecule has 2 aromatic carbocycles. The average molecular weight is 446 g/mol. The molecule has 2 aromatic rings. The molecule has 4 rings (SSSR count). The van der Waals surface area contributed by atoms with E-state index in [1.807, 2.05) is 6.92 Å². The average Bonchev–Trinajstić information content (AvgIpc) is 3.64. The fourth-order valence-corrected chi connectivity index (χ4v) is 4.81. The summed E-state index contributed by atoms with van der Waals surface area (Å²) < 4.78 is 0. The zero-order valence-corrected chi connectivity index (χ0v) is 20.5. The summed E-state index contributed by atoms with van der Waals surface area (Å²) in [6, 6.07) is 15.6. The first kappa shape index (κ1) is 23.6. The Labute approximate surface area is 199 Å². The minimum Gasteiger partial charge on any atom is -0.369 e. The Morgan fingerprint density at radius 1 is 1.21 bits per heavy atom. The first-order chi connectivity index (χ1) is 15.9. The van der Waals surface area contributed by atoms with Gasteiger partial charge in [0.15, 0.2) is 5.78 Å². The molecule has 1 saturated carbocycles. The Morgan fingerprint density at radius 2 is 1.97 bits per heavy atom. The maximum Gasteiger partial charge on any atom is 0.164 e. The standard InChI is InChI=1S/C29H39N3O/c1-5-29(33)27-18-26(32-15-14-30-21(3)19-32)12-13-28(27)31-22(4)25(17-24-10-11-24)16-23-8-6-20(2)7-9-23/h6-9,12-13,18,21,24-25,30-31H,4-5,10-11,14-17,19H2,1-3H3. The number of hydrogen-bond acceptors (Lipinski definition) is 4. The molecular weight excluding hydrogens is 406 g/mol. The fourth-order valence-electron chi connectivity index (χ4n) is 4.81. The van der Waals surface area contributed by atoms with Crippen molar-refractivity contribution in [3.05, 3.63) is 71.4 Å². The third-order valence-corrected chi connectivity index (χ3v) is 7.06. The molecule has 1 aliphatic carbocycles. The summed E-state index contributed by atoms with van der Waals surface area (Å²) in [5.41, 5.74) is 6.46. The van der Waals surface area contributed by atoms with Crippen LogP contribution in [-0.2, 0) is 6.42 Å². The number of piperazine rings is 1. The second kappa shape index (κ2) is 10.6. The van der Waals surface area contributed by atoms with E-state index in [0.717, 1.165) is 61.0 Å². The molecule has 33 heavy (non-hydrogen) atoms. The summed E-state index contributed by atoms with van der Waals surface area (Å²) in [5.74, 6) is 1.35. The summed E-state index contributed by atoms with van der Waals surface area (Å²) >= 11 is 0. The van der Waals surface area contributed by atoms with Crippen molar-refractivity contribution in [2.75, 3.05) is 29.9 Å². The zero-order chi connectivity index (χ0) is 23.4. The van der Waals surface area contributed by atoms with Gasteiger partial charge in [0, 0.05) is 60.7 Å². The number of ketones is 1. The zero-order valence-electron chi connectivity index (χ0n) is 20.5. The Bertz CT molecular complexity index is 977. The van der Waals surface area contributed by atoms with Gasteiger partial charge in [-0.1, -0.05) is 56.2 Å². The predicted molar refractivity (Wildman–Crippen MR) is 139 cm³/mol. The largest absolute Gasteiger partial charge is 0.369 e. The van der Waals surface area contributed by atoms with Gasteiger partial charge < -0.3 is 15.5 Å². The summed E-state index contributed by atoms with van der Waals surface area (Å²) in [6.45, 7) is 13.6. The Kier molecular flexibility index (Phi) is 7.54. The molecule has 1 heterocycles. The lowest BCUT2D eigenvalue weighted by Crippen LogP contribution is -2.49. The molecule has 0 aromatic heterocycles. The van der Waals surface area contributed by atoms with Crippen LogP contribution in [-0.4, -0.2) is 31.5 Å². The molecule has 2 fully saturated rings. The van der Waals surface area contributed by atoms with E-state index in [-0.39, 0.29) is 5.78 Å². The lowest BCUT2D eigenvalue weighted by atomic mass is 9.90. The van der Waals surface area contributed by atoms with Crippen LogP contribution in [0, 0.1) is 18.8 Å². The number of rotatable bonds is 10. The number of carbonyl (C=O) groups excluding carboxylic acids is 1. The van der Waals surface area contributed by atoms with E-state index >= 15 is 0 Å². The van der Waals surface area contributed by atoms with Gasteiger partial charge in [-0.15, -0.1) is 0 Å². The number of anilines is 2. The van der Waals surface area contributed by atoms with Crippen molar-refractivity contribution in [1.29, 1.82) is 0 Å². The Hall–Kier alpha value is -2.59. The Morgan fingerprint density at radius 3 is 2.64 bits per heavy atom. The minimum atomic E-state index is 0.174. The topological polar surface area (TPSA) is 44.4 Å². The first-order valence-electron chi connectivity index (χ1n) is 12.6. The third kappa shape index (κ3) is 6.26. The van der Waals surface area contributed by atoms with Gasteiger partial charge in [-0.25, -0.2) is 0 Å². The number of nitrogens with one attached hydrogen (secondary N) is 2. The van der Waals surface area contributed by atoms with Gasteiger partial charge in [0.05, 0.1) is 0 Å². The second-order valence-electron chi connectivity index (χ2n) is 10.0. The first-order valence-corrected chi connectivity index (χ1v) is 12.6. The molecule has 0 spiro atoms. The van der Waals surface area contributed by atoms with Gasteiger partial charge in [-0.05, 0) is 56.4 Å². The lowest BCUT2D eigenvalue weighted by molar-refractivity contribution is 0.0989. The van der Waals surface area contributed by atoms with Gasteiger partial charge >= 0.3 is 0 Å². The van der Waals surface area contributed by atoms with Crippen LogP contribution in [0.4, 0.5) is 11.4 Å². The third-order valence-electron chi connectivity index (χ3n) is 7.06. The maximum atomic E-state index is 12.9. The molecule has 4 nitrogen and oxygen atoms in total. The predicted octanol–water partition coefficient (Wildman–Crippen LogP) is 5.97. The number of Topliss-reactive ketones (excluding diaryl/α,β-unsaturated/α-hetero) is 1. The van der Waals surface area contributed by atoms with Gasteiger partial charge in [-0.3, -0.25) is 4.79 Å². The highest BCUT2D eigenvalue weighted by Gasteiger charge is 2.28. The highest BCUT2D eigenvalue weighted by atomic mass is 16.1. The molecular formula is C29H39N3O. The van der Waals surface area contributed by atoms with Gasteiger partial charge in [0.1, 0.15) is 0 Å². The van der Waals surface area contributed by atoms with Crippen LogP contribution >= 0.6 is 0 Å². The SMILES string of the molecule is C=C(Nc1ccc(N2CCNC(C)C2)cc1C(=O)CC)C(Cc1ccc(C)cc1)CC1CC1. The van der Waals surface area contributed by atoms with E-state index in [1.165, 1.54) is 24.0 Å². The van der Waals surface area contributed by atoms with E-state index in [9.17, 15) is 4.79 Å². The van der Waals surface area contributed by atoms with Crippen LogP contribution in [0.3, 0.4) is 0 Å². The summed E-state index contributed by atoms with van der Waals surface area (Å²) in [4.78, 5) is 15.3. The molecule has 1 saturated heterocycles. The van der Waals surface area contributed by atoms with Gasteiger partial charge in [0.2, 0.25) is 0 Å². The van der Waals surface area contributed by atoms with E-state index in [4.69, 9.17) is 0 Å². The van der Waals surface area contributed by atoms with E-state index < -0.39 is 0 Å². The van der Waals surface area contributed by atoms with Crippen LogP contribution in [0.2, 0.25) is 0 Å². The smallest absolute Gasteiger partial charge is 0.164 e. The summed E-state index contributed by atoms with van der Waals surface area (Å²) in [6.07, 6.45) is 5.30. The molecule has 2 unspecified atom stereocenters. The van der Waals surface area contributed by atoms with Crippen molar-refractivity contribution in [2.45, 2.75) is 58.9 Å². The highest BCUT2D eigenvalue weighted by molar-refractivity contribution is 6.02. The molecule has 176 valence electrons. The second-order valence-corrected chi connectivity index (χ2v) is 10.0. The van der Waals surface area contributed by atoms with Crippen molar-refractivity contribution in [2.24, 2.45) is 11.8 Å². The van der Waals surface area contributed by atoms with Crippen molar-refractivity contribution >= 4 is 17.2 Å². The maximum absolute atomic E-state index is 12.9. The fraction of sp³-hybridized carbons (Fsp3) is 0.483. The van der Waals surface area contributed by atoms with E-state index in [0.29, 0.717) is 18.4 Å². The minimum absolute atomic E-state index is 0.174. The molecule has 2 atom stereocenters. The molecule has 0 amide bonds. The highest BCUT2D eigenvalue weighted by Crippen LogP contribution is 2.39. The molecule has 4 heteroatoms. The quantitative estimate of drug-likeness (QED) is 0.442. The normalized spacial score (nSPS) is 19.2. The number of aryl methyl sites for hydroxylation is 1. The summed E-state index contributed by atoms with van der Waals surface area (Å²) in [5, 5.41) is 7.07. The molecule has 1 aliphatic heterocycles. The number of benzene rings is 2. The molecule has 2 N–H and O–H groups in total. The van der Waals surface area contributed by atoms with Gasteiger partial charge in [-0.2, -0.15) is 0 Å². The van der Waals surface area contributed by atoms with Crippen LogP contribution in [0.5, 0.6) is 0 Å². The summed E-state index contributed by atoms with van der Waals surface area (Å²) in [7, 11) is 0. The van der Waals surface area contributed by atoms with E-state index in [2.05, 4.69) is 78.4 Å². The van der Waals surface area contributed by atoms with Crippen LogP contribution in [0.1, 0.15) is 61.0 Å². The van der Waals surface area contributed by atoms with Crippen molar-refractivity contribution < 1.29 is 4.79 Å². The van der Waals surface area contributed by atoms with Crippen LogP contribution in [0.15, 0.2) is 54.7 Å². The number of allylic oxidation sites excluding steroid dienone is 1. The Balaban J connectivity index is 1.53. The molecule has 0 bridgehead atoms. The number of hydrogen-bond donors (Lipinski definition) is 2. The van der Waals surface area contributed by atoms with Crippen LogP contribution < -0.4 is 15.5 Å². The van der Waals surface area contributed by atoms with Crippen molar-refractivity contribution in [1.82, 2.24) is 5.32 Å². The van der Waals surface area contributed by atoms with Gasteiger partial charge in [0.25, 0.3) is 0 Å². The number of carbonyl (C=O) groups is 1. The van der Waals surface area contributed by atoms with Crippen LogP contribution in [0.25, 0.3) is 0 Å². The number of nitrogens with zero attached hydrogens (tertiary/aromatic N) is 1.